The number of benzene rings is 2. The predicted octanol–water partition coefficient (Wildman–Crippen LogP) is 4.10. The van der Waals surface area contributed by atoms with Gasteiger partial charge in [-0.05, 0) is 59.6 Å². The molecule has 4 nitrogen and oxygen atoms in total. The van der Waals surface area contributed by atoms with Crippen molar-refractivity contribution in [3.63, 3.8) is 0 Å². The number of hydrogen-bond donors (Lipinski definition) is 1. The lowest BCUT2D eigenvalue weighted by molar-refractivity contribution is 0.0952. The number of methoxy groups -OCH3 is 1. The smallest absolute Gasteiger partial charge is 0.252 e. The second-order valence-corrected chi connectivity index (χ2v) is 6.22. The quantitative estimate of drug-likeness (QED) is 0.689. The van der Waals surface area contributed by atoms with Crippen molar-refractivity contribution in [2.75, 3.05) is 31.6 Å². The molecule has 0 heterocycles. The molecule has 24 heavy (non-hydrogen) atoms. The molecule has 0 spiro atoms. The molecule has 0 aliphatic carbocycles. The standard InChI is InChI=1S/C19H23BrN2O2/c1-3-22(15-8-5-4-6-9-15)13-7-12-21-19(23)17-14-16(24-2)10-11-18(17)20/h4-6,8-11,14H,3,7,12-13H2,1-2H3,(H,21,23). The molecule has 0 bridgehead atoms. The summed E-state index contributed by atoms with van der Waals surface area (Å²) in [5.41, 5.74) is 1.80. The predicted molar refractivity (Wildman–Crippen MR) is 102 cm³/mol. The van der Waals surface area contributed by atoms with Crippen LogP contribution in [0.15, 0.2) is 53.0 Å². The second kappa shape index (κ2) is 9.33. The van der Waals surface area contributed by atoms with E-state index in [1.54, 1.807) is 13.2 Å². The number of ether oxygens (including phenoxy) is 1. The Balaban J connectivity index is 1.84. The van der Waals surface area contributed by atoms with Crippen LogP contribution in [0.3, 0.4) is 0 Å². The summed E-state index contributed by atoms with van der Waals surface area (Å²) in [7, 11) is 1.59. The molecule has 0 saturated heterocycles. The number of amides is 1. The molecule has 0 radical (unpaired) electrons. The lowest BCUT2D eigenvalue weighted by Gasteiger charge is -2.23. The van der Waals surface area contributed by atoms with E-state index in [1.165, 1.54) is 5.69 Å². The van der Waals surface area contributed by atoms with Crippen molar-refractivity contribution in [2.24, 2.45) is 0 Å². The number of carbonyl (C=O) groups is 1. The SMILES string of the molecule is CCN(CCCNC(=O)c1cc(OC)ccc1Br)c1ccccc1. The minimum absolute atomic E-state index is 0.0939. The Morgan fingerprint density at radius 3 is 2.62 bits per heavy atom. The highest BCUT2D eigenvalue weighted by Crippen LogP contribution is 2.22. The van der Waals surface area contributed by atoms with Gasteiger partial charge in [-0.25, -0.2) is 0 Å². The fraction of sp³-hybridized carbons (Fsp3) is 0.316. The molecule has 0 fully saturated rings. The number of carbonyl (C=O) groups excluding carboxylic acids is 1. The van der Waals surface area contributed by atoms with Gasteiger partial charge in [0.15, 0.2) is 0 Å². The van der Waals surface area contributed by atoms with Crippen LogP contribution in [0.1, 0.15) is 23.7 Å². The molecule has 2 aromatic carbocycles. The highest BCUT2D eigenvalue weighted by Gasteiger charge is 2.11. The normalized spacial score (nSPS) is 10.3. The topological polar surface area (TPSA) is 41.6 Å². The summed E-state index contributed by atoms with van der Waals surface area (Å²) in [6.07, 6.45) is 0.885. The van der Waals surface area contributed by atoms with E-state index in [0.29, 0.717) is 17.9 Å². The van der Waals surface area contributed by atoms with Crippen LogP contribution in [-0.4, -0.2) is 32.7 Å². The van der Waals surface area contributed by atoms with Gasteiger partial charge in [0, 0.05) is 29.8 Å². The number of para-hydroxylation sites is 1. The lowest BCUT2D eigenvalue weighted by Crippen LogP contribution is -2.30. The van der Waals surface area contributed by atoms with E-state index in [1.807, 2.05) is 30.3 Å². The van der Waals surface area contributed by atoms with Crippen molar-refractivity contribution in [2.45, 2.75) is 13.3 Å². The van der Waals surface area contributed by atoms with E-state index in [2.05, 4.69) is 45.2 Å². The number of nitrogens with one attached hydrogen (secondary N) is 1. The van der Waals surface area contributed by atoms with E-state index < -0.39 is 0 Å². The Hall–Kier alpha value is -2.01. The molecule has 2 rings (SSSR count). The molecule has 0 saturated carbocycles. The van der Waals surface area contributed by atoms with Crippen LogP contribution < -0.4 is 15.0 Å². The summed E-state index contributed by atoms with van der Waals surface area (Å²) in [5.74, 6) is 0.577. The van der Waals surface area contributed by atoms with Gasteiger partial charge in [-0.2, -0.15) is 0 Å². The van der Waals surface area contributed by atoms with Gasteiger partial charge < -0.3 is 15.0 Å². The third-order valence-electron chi connectivity index (χ3n) is 3.81. The third-order valence-corrected chi connectivity index (χ3v) is 4.50. The number of rotatable bonds is 8. The first-order valence-electron chi connectivity index (χ1n) is 8.07. The van der Waals surface area contributed by atoms with Gasteiger partial charge in [-0.3, -0.25) is 4.79 Å². The minimum atomic E-state index is -0.0939. The molecule has 0 aromatic heterocycles. The van der Waals surface area contributed by atoms with Gasteiger partial charge in [-0.1, -0.05) is 18.2 Å². The molecule has 0 aliphatic heterocycles. The van der Waals surface area contributed by atoms with Crippen molar-refractivity contribution in [1.82, 2.24) is 5.32 Å². The summed E-state index contributed by atoms with van der Waals surface area (Å²) in [6, 6.07) is 15.7. The van der Waals surface area contributed by atoms with Gasteiger partial charge in [0.25, 0.3) is 5.91 Å². The van der Waals surface area contributed by atoms with E-state index >= 15 is 0 Å². The zero-order valence-corrected chi connectivity index (χ0v) is 15.7. The van der Waals surface area contributed by atoms with E-state index in [4.69, 9.17) is 4.74 Å². The maximum absolute atomic E-state index is 12.3. The average Bonchev–Trinajstić information content (AvgIpc) is 2.62. The van der Waals surface area contributed by atoms with Crippen LogP contribution in [-0.2, 0) is 0 Å². The first-order valence-corrected chi connectivity index (χ1v) is 8.86. The Bertz CT molecular complexity index is 662. The zero-order valence-electron chi connectivity index (χ0n) is 14.1. The molecular formula is C19H23BrN2O2. The zero-order chi connectivity index (χ0) is 17.4. The molecule has 5 heteroatoms. The fourth-order valence-corrected chi connectivity index (χ4v) is 2.91. The van der Waals surface area contributed by atoms with Crippen LogP contribution in [0.2, 0.25) is 0 Å². The molecule has 0 atom stereocenters. The van der Waals surface area contributed by atoms with E-state index in [-0.39, 0.29) is 5.91 Å². The van der Waals surface area contributed by atoms with Crippen molar-refractivity contribution in [3.8, 4) is 5.75 Å². The van der Waals surface area contributed by atoms with Crippen LogP contribution in [0.25, 0.3) is 0 Å². The number of hydrogen-bond acceptors (Lipinski definition) is 3. The average molecular weight is 391 g/mol. The Labute approximate surface area is 151 Å². The maximum Gasteiger partial charge on any atom is 0.252 e. The highest BCUT2D eigenvalue weighted by molar-refractivity contribution is 9.10. The molecular weight excluding hydrogens is 368 g/mol. The van der Waals surface area contributed by atoms with Gasteiger partial charge in [-0.15, -0.1) is 0 Å². The lowest BCUT2D eigenvalue weighted by atomic mass is 10.2. The van der Waals surface area contributed by atoms with Gasteiger partial charge in [0.2, 0.25) is 0 Å². The summed E-state index contributed by atoms with van der Waals surface area (Å²) in [4.78, 5) is 14.6. The molecule has 1 N–H and O–H groups in total. The fourth-order valence-electron chi connectivity index (χ4n) is 2.48. The van der Waals surface area contributed by atoms with Crippen LogP contribution in [0, 0.1) is 0 Å². The van der Waals surface area contributed by atoms with E-state index in [9.17, 15) is 4.79 Å². The molecule has 2 aromatic rings. The summed E-state index contributed by atoms with van der Waals surface area (Å²) in [6.45, 7) is 4.62. The molecule has 0 unspecified atom stereocenters. The minimum Gasteiger partial charge on any atom is -0.497 e. The monoisotopic (exact) mass is 390 g/mol. The van der Waals surface area contributed by atoms with Gasteiger partial charge in [0.05, 0.1) is 12.7 Å². The number of nitrogens with zero attached hydrogens (tertiary/aromatic N) is 1. The van der Waals surface area contributed by atoms with Crippen molar-refractivity contribution >= 4 is 27.5 Å². The van der Waals surface area contributed by atoms with Crippen molar-refractivity contribution < 1.29 is 9.53 Å². The molecule has 128 valence electrons. The van der Waals surface area contributed by atoms with E-state index in [0.717, 1.165) is 24.0 Å². The Morgan fingerprint density at radius 2 is 1.96 bits per heavy atom. The van der Waals surface area contributed by atoms with Crippen molar-refractivity contribution in [1.29, 1.82) is 0 Å². The number of anilines is 1. The Morgan fingerprint density at radius 1 is 1.21 bits per heavy atom. The number of halogens is 1. The second-order valence-electron chi connectivity index (χ2n) is 5.37. The summed E-state index contributed by atoms with van der Waals surface area (Å²) < 4.78 is 5.94. The third kappa shape index (κ3) is 4.99. The van der Waals surface area contributed by atoms with Crippen LogP contribution in [0.5, 0.6) is 5.75 Å². The van der Waals surface area contributed by atoms with Crippen molar-refractivity contribution in [3.05, 3.63) is 58.6 Å². The van der Waals surface area contributed by atoms with Crippen LogP contribution >= 0.6 is 15.9 Å². The first kappa shape index (κ1) is 18.3. The molecule has 0 aliphatic rings. The maximum atomic E-state index is 12.3. The highest BCUT2D eigenvalue weighted by atomic mass is 79.9. The van der Waals surface area contributed by atoms with Gasteiger partial charge >= 0.3 is 0 Å². The largest absolute Gasteiger partial charge is 0.497 e. The summed E-state index contributed by atoms with van der Waals surface area (Å²) in [5, 5.41) is 2.97. The van der Waals surface area contributed by atoms with Gasteiger partial charge in [0.1, 0.15) is 5.75 Å². The van der Waals surface area contributed by atoms with Crippen LogP contribution in [0.4, 0.5) is 5.69 Å². The first-order chi connectivity index (χ1) is 11.7. The Kier molecular flexibility index (Phi) is 7.12. The summed E-state index contributed by atoms with van der Waals surface area (Å²) >= 11 is 3.41. The molecule has 1 amide bonds.